The SMILES string of the molecule is OC[C@H]1O[C@H](OC[C@H]2O[C@H](O[C@@H]3O[C@H](CO)[C@@H](O)[C@@H]3O[C@@H]3O[C@H](CO)[C@@H](O)[C@H](O)[C@H]3O)[C@H](O)[C@@H](O)[C@@H]2O)[C@H](O)[C@@H](O)[C@H]1O. The van der Waals surface area contributed by atoms with Crippen LogP contribution < -0.4 is 0 Å². The van der Waals surface area contributed by atoms with Gasteiger partial charge in [-0.25, -0.2) is 0 Å². The summed E-state index contributed by atoms with van der Waals surface area (Å²) in [7, 11) is 0. The first kappa shape index (κ1) is 35.1. The van der Waals surface area contributed by atoms with Gasteiger partial charge in [0.2, 0.25) is 0 Å². The summed E-state index contributed by atoms with van der Waals surface area (Å²) in [5.41, 5.74) is 0. The molecule has 0 amide bonds. The van der Waals surface area contributed by atoms with Crippen molar-refractivity contribution in [3.63, 3.8) is 0 Å². The fourth-order valence-electron chi connectivity index (χ4n) is 5.14. The molecule has 20 heteroatoms. The molecule has 252 valence electrons. The van der Waals surface area contributed by atoms with E-state index in [9.17, 15) is 66.4 Å². The van der Waals surface area contributed by atoms with Crippen LogP contribution in [0.5, 0.6) is 0 Å². The zero-order chi connectivity index (χ0) is 31.7. The minimum Gasteiger partial charge on any atom is -0.394 e. The summed E-state index contributed by atoms with van der Waals surface area (Å²) in [6.07, 6.45) is -32.0. The first-order chi connectivity index (χ1) is 20.3. The highest BCUT2D eigenvalue weighted by Gasteiger charge is 2.54. The Hall–Kier alpha value is -0.800. The third kappa shape index (κ3) is 7.13. The van der Waals surface area contributed by atoms with E-state index in [0.29, 0.717) is 0 Å². The van der Waals surface area contributed by atoms with Gasteiger partial charge in [0.25, 0.3) is 0 Å². The predicted octanol–water partition coefficient (Wildman–Crippen LogP) is -9.11. The lowest BCUT2D eigenvalue weighted by Crippen LogP contribution is -2.62. The van der Waals surface area contributed by atoms with Gasteiger partial charge in [0.15, 0.2) is 25.2 Å². The number of hydrogen-bond acceptors (Lipinski definition) is 20. The van der Waals surface area contributed by atoms with Gasteiger partial charge in [0.1, 0.15) is 91.6 Å². The van der Waals surface area contributed by atoms with E-state index < -0.39 is 143 Å². The molecule has 0 bridgehead atoms. The van der Waals surface area contributed by atoms with Crippen LogP contribution in [-0.4, -0.2) is 210 Å². The van der Waals surface area contributed by atoms with Crippen LogP contribution in [0.25, 0.3) is 0 Å². The van der Waals surface area contributed by atoms with Crippen molar-refractivity contribution in [2.45, 2.75) is 117 Å². The Bertz CT molecular complexity index is 867. The van der Waals surface area contributed by atoms with Crippen LogP contribution in [-0.2, 0) is 33.2 Å². The van der Waals surface area contributed by atoms with E-state index in [1.54, 1.807) is 0 Å². The highest BCUT2D eigenvalue weighted by molar-refractivity contribution is 4.95. The van der Waals surface area contributed by atoms with Crippen molar-refractivity contribution < 1.29 is 99.5 Å². The van der Waals surface area contributed by atoms with Gasteiger partial charge in [-0.3, -0.25) is 0 Å². The standard InChI is InChI=1S/C23H40O20/c24-1-5-9(27)13(31)16(34)20(38-5)37-4-8-11(29)15(33)18(36)22(41-8)43-23-19(12(30)7(3-26)40-23)42-21-17(35)14(32)10(28)6(2-25)39-21/h5-36H,1-4H2/t5-,6-,7-,8-,9+,10-,11-,12-,13+,14+,15+,16-,17-,18-,19+,20+,21+,22-,23+/m1/s1. The van der Waals surface area contributed by atoms with Gasteiger partial charge in [-0.2, -0.15) is 0 Å². The van der Waals surface area contributed by atoms with Crippen molar-refractivity contribution in [3.8, 4) is 0 Å². The molecule has 0 aromatic heterocycles. The molecule has 4 aliphatic rings. The number of ether oxygens (including phenoxy) is 7. The second-order valence-corrected chi connectivity index (χ2v) is 10.7. The highest BCUT2D eigenvalue weighted by atomic mass is 16.8. The molecular formula is C23H40O20. The van der Waals surface area contributed by atoms with Crippen molar-refractivity contribution in [2.24, 2.45) is 0 Å². The van der Waals surface area contributed by atoms with Gasteiger partial charge in [0.05, 0.1) is 26.4 Å². The van der Waals surface area contributed by atoms with Crippen molar-refractivity contribution in [1.29, 1.82) is 0 Å². The average Bonchev–Trinajstić information content (AvgIpc) is 3.29. The van der Waals surface area contributed by atoms with Gasteiger partial charge in [-0.05, 0) is 0 Å². The molecule has 0 saturated carbocycles. The quantitative estimate of drug-likeness (QED) is 0.106. The Morgan fingerprint density at radius 1 is 0.372 bits per heavy atom. The van der Waals surface area contributed by atoms with Gasteiger partial charge in [-0.1, -0.05) is 0 Å². The molecule has 19 atom stereocenters. The number of aliphatic hydroxyl groups excluding tert-OH is 13. The lowest BCUT2D eigenvalue weighted by Gasteiger charge is -2.43. The smallest absolute Gasteiger partial charge is 0.190 e. The Morgan fingerprint density at radius 2 is 0.744 bits per heavy atom. The topological polar surface area (TPSA) is 328 Å². The second kappa shape index (κ2) is 14.7. The van der Waals surface area contributed by atoms with E-state index in [0.717, 1.165) is 0 Å². The summed E-state index contributed by atoms with van der Waals surface area (Å²) < 4.78 is 38.0. The molecular weight excluding hydrogens is 596 g/mol. The third-order valence-corrected chi connectivity index (χ3v) is 7.82. The van der Waals surface area contributed by atoms with Crippen LogP contribution in [0.2, 0.25) is 0 Å². The van der Waals surface area contributed by atoms with Gasteiger partial charge in [-0.15, -0.1) is 0 Å². The lowest BCUT2D eigenvalue weighted by molar-refractivity contribution is -0.366. The summed E-state index contributed by atoms with van der Waals surface area (Å²) in [4.78, 5) is 0. The van der Waals surface area contributed by atoms with E-state index in [1.165, 1.54) is 0 Å². The maximum atomic E-state index is 10.7. The molecule has 0 aromatic carbocycles. The molecule has 4 fully saturated rings. The van der Waals surface area contributed by atoms with E-state index in [4.69, 9.17) is 33.2 Å². The maximum Gasteiger partial charge on any atom is 0.190 e. The van der Waals surface area contributed by atoms with Crippen LogP contribution in [0.4, 0.5) is 0 Å². The van der Waals surface area contributed by atoms with Crippen molar-refractivity contribution in [2.75, 3.05) is 26.4 Å². The first-order valence-electron chi connectivity index (χ1n) is 13.5. The molecule has 4 aliphatic heterocycles. The van der Waals surface area contributed by atoms with Crippen molar-refractivity contribution in [3.05, 3.63) is 0 Å². The molecule has 20 nitrogen and oxygen atoms in total. The molecule has 0 spiro atoms. The fraction of sp³-hybridized carbons (Fsp3) is 1.00. The Balaban J connectivity index is 1.44. The first-order valence-corrected chi connectivity index (χ1v) is 13.5. The molecule has 43 heavy (non-hydrogen) atoms. The highest BCUT2D eigenvalue weighted by Crippen LogP contribution is 2.33. The summed E-state index contributed by atoms with van der Waals surface area (Å²) in [5.74, 6) is 0. The molecule has 4 rings (SSSR count). The van der Waals surface area contributed by atoms with Gasteiger partial charge in [0, 0.05) is 0 Å². The van der Waals surface area contributed by atoms with Crippen LogP contribution in [0.1, 0.15) is 0 Å². The largest absolute Gasteiger partial charge is 0.394 e. The number of rotatable bonds is 10. The summed E-state index contributed by atoms with van der Waals surface area (Å²) in [5, 5.41) is 131. The average molecular weight is 637 g/mol. The monoisotopic (exact) mass is 636 g/mol. The van der Waals surface area contributed by atoms with E-state index in [2.05, 4.69) is 0 Å². The van der Waals surface area contributed by atoms with Crippen molar-refractivity contribution in [1.82, 2.24) is 0 Å². The third-order valence-electron chi connectivity index (χ3n) is 7.82. The summed E-state index contributed by atoms with van der Waals surface area (Å²) >= 11 is 0. The molecule has 0 aliphatic carbocycles. The predicted molar refractivity (Wildman–Crippen MR) is 128 cm³/mol. The zero-order valence-corrected chi connectivity index (χ0v) is 22.5. The molecule has 4 saturated heterocycles. The van der Waals surface area contributed by atoms with E-state index in [-0.39, 0.29) is 0 Å². The second-order valence-electron chi connectivity index (χ2n) is 10.7. The van der Waals surface area contributed by atoms with Crippen molar-refractivity contribution >= 4 is 0 Å². The minimum atomic E-state index is -1.94. The molecule has 13 N–H and O–H groups in total. The summed E-state index contributed by atoms with van der Waals surface area (Å²) in [6, 6.07) is 0. The summed E-state index contributed by atoms with van der Waals surface area (Å²) in [6.45, 7) is -2.93. The molecule has 0 aromatic rings. The number of hydrogen-bond donors (Lipinski definition) is 13. The Labute approximate surface area is 243 Å². The van der Waals surface area contributed by atoms with Crippen LogP contribution >= 0.6 is 0 Å². The van der Waals surface area contributed by atoms with Crippen LogP contribution in [0.3, 0.4) is 0 Å². The normalized spacial score (nSPS) is 52.8. The minimum absolute atomic E-state index is 0.661. The number of aliphatic hydroxyl groups is 13. The van der Waals surface area contributed by atoms with E-state index in [1.807, 2.05) is 0 Å². The Morgan fingerprint density at radius 3 is 1.26 bits per heavy atom. The molecule has 0 radical (unpaired) electrons. The molecule has 4 heterocycles. The Kier molecular flexibility index (Phi) is 12.0. The van der Waals surface area contributed by atoms with Gasteiger partial charge >= 0.3 is 0 Å². The molecule has 0 unspecified atom stereocenters. The zero-order valence-electron chi connectivity index (χ0n) is 22.5. The van der Waals surface area contributed by atoms with E-state index >= 15 is 0 Å². The maximum absolute atomic E-state index is 10.7. The van der Waals surface area contributed by atoms with Gasteiger partial charge < -0.3 is 99.5 Å². The fourth-order valence-corrected chi connectivity index (χ4v) is 5.14. The van der Waals surface area contributed by atoms with Crippen LogP contribution in [0, 0.1) is 0 Å². The van der Waals surface area contributed by atoms with Crippen LogP contribution in [0.15, 0.2) is 0 Å². The lowest BCUT2D eigenvalue weighted by atomic mass is 9.98.